The van der Waals surface area contributed by atoms with E-state index in [0.717, 1.165) is 18.8 Å². The molecule has 1 aromatic rings. The van der Waals surface area contributed by atoms with Crippen LogP contribution in [0, 0.1) is 5.41 Å². The van der Waals surface area contributed by atoms with Gasteiger partial charge in [0.05, 0.1) is 10.7 Å². The van der Waals surface area contributed by atoms with Crippen LogP contribution in [-0.4, -0.2) is 18.1 Å². The zero-order valence-corrected chi connectivity index (χ0v) is 10.0. The van der Waals surface area contributed by atoms with Crippen molar-refractivity contribution < 1.29 is 0 Å². The van der Waals surface area contributed by atoms with Crippen LogP contribution in [0.1, 0.15) is 25.7 Å². The van der Waals surface area contributed by atoms with E-state index in [4.69, 9.17) is 17.3 Å². The Morgan fingerprint density at radius 1 is 1.38 bits per heavy atom. The van der Waals surface area contributed by atoms with Gasteiger partial charge in [-0.25, -0.2) is 4.98 Å². The average Bonchev–Trinajstić information content (AvgIpc) is 2.66. The summed E-state index contributed by atoms with van der Waals surface area (Å²) in [7, 11) is 0. The van der Waals surface area contributed by atoms with Crippen molar-refractivity contribution in [3.05, 3.63) is 17.3 Å². The monoisotopic (exact) mass is 237 g/mol. The first-order valence-corrected chi connectivity index (χ1v) is 6.22. The third-order valence-electron chi connectivity index (χ3n) is 4.05. The van der Waals surface area contributed by atoms with Crippen LogP contribution in [0.2, 0.25) is 5.02 Å². The molecule has 3 rings (SSSR count). The molecule has 3 nitrogen and oxygen atoms in total. The summed E-state index contributed by atoms with van der Waals surface area (Å²) < 4.78 is 0. The highest BCUT2D eigenvalue weighted by Crippen LogP contribution is 2.49. The van der Waals surface area contributed by atoms with Gasteiger partial charge < -0.3 is 10.6 Å². The van der Waals surface area contributed by atoms with Crippen LogP contribution in [0.5, 0.6) is 0 Å². The highest BCUT2D eigenvalue weighted by atomic mass is 35.5. The fourth-order valence-electron chi connectivity index (χ4n) is 2.91. The van der Waals surface area contributed by atoms with Crippen LogP contribution < -0.4 is 10.6 Å². The highest BCUT2D eigenvalue weighted by Gasteiger charge is 2.43. The standard InChI is InChI=1S/C12H16ClN3/c13-9-7-15-11(14)6-10(9)16-5-4-12(8-16)2-1-3-12/h6-7H,1-5,8H2,(H2,14,15). The van der Waals surface area contributed by atoms with Gasteiger partial charge in [-0.1, -0.05) is 18.0 Å². The van der Waals surface area contributed by atoms with Crippen molar-refractivity contribution in [2.24, 2.45) is 5.41 Å². The Kier molecular flexibility index (Phi) is 2.25. The highest BCUT2D eigenvalue weighted by molar-refractivity contribution is 6.33. The molecule has 1 aromatic heterocycles. The molecular formula is C12H16ClN3. The molecule has 0 radical (unpaired) electrons. The van der Waals surface area contributed by atoms with Crippen LogP contribution in [0.25, 0.3) is 0 Å². The van der Waals surface area contributed by atoms with Crippen LogP contribution in [0.15, 0.2) is 12.3 Å². The van der Waals surface area contributed by atoms with Crippen molar-refractivity contribution in [2.75, 3.05) is 23.7 Å². The smallest absolute Gasteiger partial charge is 0.125 e. The molecule has 2 N–H and O–H groups in total. The van der Waals surface area contributed by atoms with Crippen LogP contribution in [0.4, 0.5) is 11.5 Å². The second-order valence-electron chi connectivity index (χ2n) is 5.09. The number of nitrogens with zero attached hydrogens (tertiary/aromatic N) is 2. The minimum Gasteiger partial charge on any atom is -0.384 e. The SMILES string of the molecule is Nc1cc(N2CCC3(CCC3)C2)c(Cl)cn1. The van der Waals surface area contributed by atoms with Gasteiger partial charge in [0.1, 0.15) is 5.82 Å². The predicted molar refractivity (Wildman–Crippen MR) is 66.8 cm³/mol. The van der Waals surface area contributed by atoms with Crippen molar-refractivity contribution >= 4 is 23.1 Å². The Bertz CT molecular complexity index is 415. The summed E-state index contributed by atoms with van der Waals surface area (Å²) in [5.41, 5.74) is 7.35. The first kappa shape index (κ1) is 10.2. The van der Waals surface area contributed by atoms with Gasteiger partial charge in [0.15, 0.2) is 0 Å². The normalized spacial score (nSPS) is 22.4. The molecule has 86 valence electrons. The number of hydrogen-bond acceptors (Lipinski definition) is 3. The molecule has 2 heterocycles. The fraction of sp³-hybridized carbons (Fsp3) is 0.583. The largest absolute Gasteiger partial charge is 0.384 e. The minimum absolute atomic E-state index is 0.550. The molecular weight excluding hydrogens is 222 g/mol. The van der Waals surface area contributed by atoms with Gasteiger partial charge in [-0.15, -0.1) is 0 Å². The Morgan fingerprint density at radius 2 is 2.19 bits per heavy atom. The maximum absolute atomic E-state index is 6.17. The molecule has 2 aliphatic rings. The number of aromatic nitrogens is 1. The Morgan fingerprint density at radius 3 is 2.81 bits per heavy atom. The molecule has 0 bridgehead atoms. The van der Waals surface area contributed by atoms with Crippen LogP contribution in [0.3, 0.4) is 0 Å². The van der Waals surface area contributed by atoms with Gasteiger partial charge in [0.25, 0.3) is 0 Å². The van der Waals surface area contributed by atoms with Crippen molar-refractivity contribution in [2.45, 2.75) is 25.7 Å². The second-order valence-corrected chi connectivity index (χ2v) is 5.49. The lowest BCUT2D eigenvalue weighted by Crippen LogP contribution is -2.33. The molecule has 2 fully saturated rings. The topological polar surface area (TPSA) is 42.1 Å². The summed E-state index contributed by atoms with van der Waals surface area (Å²) in [6.45, 7) is 2.24. The van der Waals surface area contributed by atoms with Crippen molar-refractivity contribution in [1.82, 2.24) is 4.98 Å². The average molecular weight is 238 g/mol. The van der Waals surface area contributed by atoms with Crippen LogP contribution in [-0.2, 0) is 0 Å². The molecule has 0 unspecified atom stereocenters. The molecule has 0 aromatic carbocycles. The van der Waals surface area contributed by atoms with Gasteiger partial charge in [0.2, 0.25) is 0 Å². The zero-order chi connectivity index (χ0) is 11.2. The zero-order valence-electron chi connectivity index (χ0n) is 9.25. The summed E-state index contributed by atoms with van der Waals surface area (Å²) in [6.07, 6.45) is 7.09. The van der Waals surface area contributed by atoms with E-state index in [9.17, 15) is 0 Å². The molecule has 1 spiro atoms. The van der Waals surface area contributed by atoms with E-state index < -0.39 is 0 Å². The van der Waals surface area contributed by atoms with E-state index in [1.807, 2.05) is 6.07 Å². The lowest BCUT2D eigenvalue weighted by Gasteiger charge is -2.38. The van der Waals surface area contributed by atoms with Crippen LogP contribution >= 0.6 is 11.6 Å². The molecule has 16 heavy (non-hydrogen) atoms. The number of nitrogens with two attached hydrogens (primary N) is 1. The fourth-order valence-corrected chi connectivity index (χ4v) is 3.13. The molecule has 4 heteroatoms. The summed E-state index contributed by atoms with van der Waals surface area (Å²) in [5, 5.41) is 0.713. The summed E-state index contributed by atoms with van der Waals surface area (Å²) in [4.78, 5) is 6.36. The molecule has 1 saturated carbocycles. The minimum atomic E-state index is 0.550. The van der Waals surface area contributed by atoms with Crippen molar-refractivity contribution in [3.63, 3.8) is 0 Å². The van der Waals surface area contributed by atoms with Crippen molar-refractivity contribution in [3.8, 4) is 0 Å². The summed E-state index contributed by atoms with van der Waals surface area (Å²) in [6, 6.07) is 1.89. The summed E-state index contributed by atoms with van der Waals surface area (Å²) in [5.74, 6) is 0.550. The molecule has 1 aliphatic heterocycles. The predicted octanol–water partition coefficient (Wildman–Crippen LogP) is 2.70. The third-order valence-corrected chi connectivity index (χ3v) is 4.34. The Balaban J connectivity index is 1.85. The Hall–Kier alpha value is -0.960. The maximum atomic E-state index is 6.17. The van der Waals surface area contributed by atoms with E-state index in [0.29, 0.717) is 16.3 Å². The van der Waals surface area contributed by atoms with E-state index >= 15 is 0 Å². The van der Waals surface area contributed by atoms with Gasteiger partial charge in [-0.05, 0) is 24.7 Å². The number of rotatable bonds is 1. The number of hydrogen-bond donors (Lipinski definition) is 1. The second kappa shape index (κ2) is 3.52. The van der Waals surface area contributed by atoms with Gasteiger partial charge in [-0.2, -0.15) is 0 Å². The van der Waals surface area contributed by atoms with E-state index in [-0.39, 0.29) is 0 Å². The van der Waals surface area contributed by atoms with Crippen molar-refractivity contribution in [1.29, 1.82) is 0 Å². The van der Waals surface area contributed by atoms with Gasteiger partial charge in [0, 0.05) is 25.4 Å². The number of pyridine rings is 1. The first-order valence-electron chi connectivity index (χ1n) is 5.85. The van der Waals surface area contributed by atoms with E-state index in [1.165, 1.54) is 25.7 Å². The number of nitrogen functional groups attached to an aromatic ring is 1. The lowest BCUT2D eigenvalue weighted by molar-refractivity contribution is 0.165. The quantitative estimate of drug-likeness (QED) is 0.817. The van der Waals surface area contributed by atoms with Gasteiger partial charge in [-0.3, -0.25) is 0 Å². The van der Waals surface area contributed by atoms with E-state index in [1.54, 1.807) is 6.20 Å². The maximum Gasteiger partial charge on any atom is 0.125 e. The number of anilines is 2. The lowest BCUT2D eigenvalue weighted by atomic mass is 9.68. The first-order chi connectivity index (χ1) is 7.69. The molecule has 1 aliphatic carbocycles. The molecule has 0 amide bonds. The molecule has 0 atom stereocenters. The molecule has 1 saturated heterocycles. The van der Waals surface area contributed by atoms with Gasteiger partial charge >= 0.3 is 0 Å². The third kappa shape index (κ3) is 1.54. The summed E-state index contributed by atoms with van der Waals surface area (Å²) >= 11 is 6.17. The van der Waals surface area contributed by atoms with E-state index in [2.05, 4.69) is 9.88 Å². The Labute approximate surface area is 101 Å². The number of halogens is 1.